The first-order valence-corrected chi connectivity index (χ1v) is 11.4. The standard InChI is InChI=1S/C25H36N4O2/c1-4-5-12-23-20(3)27-25(28-24(23)30)26-13-8-15-31-22-11-6-10-21(16-22)18-29-14-7-9-19(2)17-29/h4-6,10-11,16,19H,7-9,12-15,17-18H2,1-3H3,(H2,26,27,28,30). The van der Waals surface area contributed by atoms with Gasteiger partial charge in [0.05, 0.1) is 6.61 Å². The molecule has 6 nitrogen and oxygen atoms in total. The second-order valence-electron chi connectivity index (χ2n) is 8.53. The fourth-order valence-electron chi connectivity index (χ4n) is 4.06. The van der Waals surface area contributed by atoms with Crippen LogP contribution in [0.1, 0.15) is 49.9 Å². The molecule has 0 aliphatic carbocycles. The molecule has 0 saturated carbocycles. The predicted molar refractivity (Wildman–Crippen MR) is 127 cm³/mol. The van der Waals surface area contributed by atoms with E-state index in [1.54, 1.807) is 0 Å². The highest BCUT2D eigenvalue weighted by molar-refractivity contribution is 5.30. The Balaban J connectivity index is 1.42. The summed E-state index contributed by atoms with van der Waals surface area (Å²) >= 11 is 0. The monoisotopic (exact) mass is 424 g/mol. The summed E-state index contributed by atoms with van der Waals surface area (Å²) < 4.78 is 5.95. The zero-order chi connectivity index (χ0) is 22.1. The number of nitrogens with one attached hydrogen (secondary N) is 2. The largest absolute Gasteiger partial charge is 0.494 e. The quantitative estimate of drug-likeness (QED) is 0.439. The van der Waals surface area contributed by atoms with E-state index in [2.05, 4.69) is 45.3 Å². The second-order valence-corrected chi connectivity index (χ2v) is 8.53. The van der Waals surface area contributed by atoms with Gasteiger partial charge in [-0.3, -0.25) is 9.69 Å². The number of ether oxygens (including phenoxy) is 1. The van der Waals surface area contributed by atoms with E-state index in [0.717, 1.165) is 30.3 Å². The molecule has 1 aliphatic rings. The fraction of sp³-hybridized carbons (Fsp3) is 0.520. The van der Waals surface area contributed by atoms with Crippen LogP contribution in [0.3, 0.4) is 0 Å². The molecule has 1 aliphatic heterocycles. The molecule has 2 N–H and O–H groups in total. The van der Waals surface area contributed by atoms with Gasteiger partial charge in [0.25, 0.3) is 5.56 Å². The Kier molecular flexibility index (Phi) is 8.71. The summed E-state index contributed by atoms with van der Waals surface area (Å²) in [6.45, 7) is 10.8. The minimum atomic E-state index is -0.173. The van der Waals surface area contributed by atoms with Crippen LogP contribution in [-0.4, -0.2) is 41.1 Å². The molecule has 0 spiro atoms. The number of anilines is 1. The molecule has 2 heterocycles. The molecular weight excluding hydrogens is 388 g/mol. The summed E-state index contributed by atoms with van der Waals surface area (Å²) in [4.78, 5) is 22.0. The molecule has 1 fully saturated rings. The molecule has 168 valence electrons. The lowest BCUT2D eigenvalue weighted by atomic mass is 10.00. The average Bonchev–Trinajstić information content (AvgIpc) is 2.73. The van der Waals surface area contributed by atoms with E-state index >= 15 is 0 Å². The Morgan fingerprint density at radius 3 is 3.03 bits per heavy atom. The molecule has 3 rings (SSSR count). The zero-order valence-electron chi connectivity index (χ0n) is 19.1. The molecule has 1 unspecified atom stereocenters. The second kappa shape index (κ2) is 11.7. The Bertz CT molecular complexity index is 922. The van der Waals surface area contributed by atoms with Crippen LogP contribution in [0.5, 0.6) is 5.75 Å². The molecule has 31 heavy (non-hydrogen) atoms. The summed E-state index contributed by atoms with van der Waals surface area (Å²) in [6, 6.07) is 8.42. The number of hydrogen-bond acceptors (Lipinski definition) is 5. The Morgan fingerprint density at radius 2 is 2.26 bits per heavy atom. The number of likely N-dealkylation sites (tertiary alicyclic amines) is 1. The van der Waals surface area contributed by atoms with Crippen LogP contribution >= 0.6 is 0 Å². The summed E-state index contributed by atoms with van der Waals surface area (Å²) in [5.41, 5.74) is 2.70. The van der Waals surface area contributed by atoms with Crippen LogP contribution < -0.4 is 15.6 Å². The number of benzene rings is 1. The highest BCUT2D eigenvalue weighted by atomic mass is 16.5. The molecule has 1 saturated heterocycles. The van der Waals surface area contributed by atoms with Crippen molar-refractivity contribution in [3.8, 4) is 5.75 Å². The zero-order valence-corrected chi connectivity index (χ0v) is 19.1. The van der Waals surface area contributed by atoms with Gasteiger partial charge in [0, 0.05) is 30.9 Å². The third-order valence-corrected chi connectivity index (χ3v) is 5.72. The first-order chi connectivity index (χ1) is 15.0. The van der Waals surface area contributed by atoms with Crippen LogP contribution in [0.4, 0.5) is 5.95 Å². The van der Waals surface area contributed by atoms with Crippen molar-refractivity contribution in [2.45, 2.75) is 53.0 Å². The maximum Gasteiger partial charge on any atom is 0.278 e. The summed E-state index contributed by atoms with van der Waals surface area (Å²) in [7, 11) is 0. The Morgan fingerprint density at radius 1 is 1.39 bits per heavy atom. The molecule has 0 radical (unpaired) electrons. The van der Waals surface area contributed by atoms with Crippen molar-refractivity contribution in [2.75, 3.05) is 31.6 Å². The van der Waals surface area contributed by atoms with Crippen molar-refractivity contribution in [1.82, 2.24) is 14.9 Å². The van der Waals surface area contributed by atoms with Crippen molar-refractivity contribution in [3.63, 3.8) is 0 Å². The number of allylic oxidation sites excluding steroid dienone is 2. The molecule has 1 aromatic heterocycles. The lowest BCUT2D eigenvalue weighted by Gasteiger charge is -2.30. The van der Waals surface area contributed by atoms with Gasteiger partial charge in [-0.15, -0.1) is 0 Å². The van der Waals surface area contributed by atoms with E-state index < -0.39 is 0 Å². The first-order valence-electron chi connectivity index (χ1n) is 11.4. The lowest BCUT2D eigenvalue weighted by Crippen LogP contribution is -2.33. The van der Waals surface area contributed by atoms with Crippen LogP contribution in [0.15, 0.2) is 41.2 Å². The van der Waals surface area contributed by atoms with Gasteiger partial charge in [0.2, 0.25) is 5.95 Å². The van der Waals surface area contributed by atoms with E-state index in [0.29, 0.717) is 31.1 Å². The minimum absolute atomic E-state index is 0.173. The maximum absolute atomic E-state index is 12.2. The number of hydrogen-bond donors (Lipinski definition) is 2. The molecular formula is C25H36N4O2. The normalized spacial score (nSPS) is 17.2. The molecule has 6 heteroatoms. The van der Waals surface area contributed by atoms with Gasteiger partial charge in [0.1, 0.15) is 5.75 Å². The van der Waals surface area contributed by atoms with Gasteiger partial charge in [-0.2, -0.15) is 4.98 Å². The summed E-state index contributed by atoms with van der Waals surface area (Å²) in [6.07, 6.45) is 7.96. The molecule has 0 bridgehead atoms. The number of aromatic nitrogens is 2. The number of rotatable bonds is 10. The molecule has 1 aromatic carbocycles. The van der Waals surface area contributed by atoms with E-state index in [4.69, 9.17) is 4.74 Å². The highest BCUT2D eigenvalue weighted by Gasteiger charge is 2.16. The fourth-order valence-corrected chi connectivity index (χ4v) is 4.06. The maximum atomic E-state index is 12.2. The van der Waals surface area contributed by atoms with Crippen LogP contribution in [-0.2, 0) is 13.0 Å². The number of piperidine rings is 1. The summed E-state index contributed by atoms with van der Waals surface area (Å²) in [5, 5.41) is 3.19. The highest BCUT2D eigenvalue weighted by Crippen LogP contribution is 2.20. The number of aromatic amines is 1. The van der Waals surface area contributed by atoms with Gasteiger partial charge in [-0.1, -0.05) is 31.2 Å². The molecule has 2 aromatic rings. The van der Waals surface area contributed by atoms with Gasteiger partial charge in [-0.05, 0) is 69.7 Å². The van der Waals surface area contributed by atoms with Crippen molar-refractivity contribution >= 4 is 5.95 Å². The van der Waals surface area contributed by atoms with Crippen LogP contribution in [0.2, 0.25) is 0 Å². The number of nitrogens with zero attached hydrogens (tertiary/aromatic N) is 2. The summed E-state index contributed by atoms with van der Waals surface area (Å²) in [5.74, 6) is 2.22. The van der Waals surface area contributed by atoms with Crippen molar-refractivity contribution in [1.29, 1.82) is 0 Å². The predicted octanol–water partition coefficient (Wildman–Crippen LogP) is 4.31. The van der Waals surface area contributed by atoms with Gasteiger partial charge in [-0.25, -0.2) is 0 Å². The minimum Gasteiger partial charge on any atom is -0.494 e. The third-order valence-electron chi connectivity index (χ3n) is 5.72. The molecule has 1 atom stereocenters. The topological polar surface area (TPSA) is 70.2 Å². The smallest absolute Gasteiger partial charge is 0.278 e. The number of H-pyrrole nitrogens is 1. The van der Waals surface area contributed by atoms with E-state index in [9.17, 15) is 4.79 Å². The third kappa shape index (κ3) is 7.24. The first kappa shape index (κ1) is 23.1. The van der Waals surface area contributed by atoms with Crippen molar-refractivity contribution < 1.29 is 4.74 Å². The lowest BCUT2D eigenvalue weighted by molar-refractivity contribution is 0.176. The van der Waals surface area contributed by atoms with Crippen molar-refractivity contribution in [3.05, 3.63) is 63.6 Å². The average molecular weight is 425 g/mol. The molecule has 0 amide bonds. The van der Waals surface area contributed by atoms with Gasteiger partial charge in [0.15, 0.2) is 0 Å². The Hall–Kier alpha value is -2.60. The number of aryl methyl sites for hydroxylation is 1. The Labute approximate surface area is 185 Å². The van der Waals surface area contributed by atoms with Crippen molar-refractivity contribution in [2.24, 2.45) is 5.92 Å². The van der Waals surface area contributed by atoms with Crippen LogP contribution in [0.25, 0.3) is 0 Å². The SMILES string of the molecule is CC=CCc1c(C)[nH]c(NCCCOc2cccc(CN3CCCC(C)C3)c2)nc1=O. The van der Waals surface area contributed by atoms with E-state index in [1.165, 1.54) is 31.5 Å². The van der Waals surface area contributed by atoms with Gasteiger partial charge < -0.3 is 15.0 Å². The van der Waals surface area contributed by atoms with Gasteiger partial charge >= 0.3 is 0 Å². The van der Waals surface area contributed by atoms with Crippen LogP contribution in [0, 0.1) is 12.8 Å². The van der Waals surface area contributed by atoms with E-state index in [1.807, 2.05) is 32.1 Å². The van der Waals surface area contributed by atoms with E-state index in [-0.39, 0.29) is 5.56 Å².